The summed E-state index contributed by atoms with van der Waals surface area (Å²) in [4.78, 5) is 3.31. The van der Waals surface area contributed by atoms with Crippen LogP contribution < -0.4 is 0 Å². The molecule has 31 heavy (non-hydrogen) atoms. The van der Waals surface area contributed by atoms with E-state index in [2.05, 4.69) is 41.3 Å². The molecule has 0 unspecified atom stereocenters. The molecule has 0 aliphatic heterocycles. The Labute approximate surface area is 183 Å². The fourth-order valence-corrected chi connectivity index (χ4v) is 6.88. The fourth-order valence-electron chi connectivity index (χ4n) is 6.88. The minimum Gasteiger partial charge on any atom is -0.508 e. The maximum absolute atomic E-state index is 9.89. The minimum absolute atomic E-state index is 0.174. The van der Waals surface area contributed by atoms with Gasteiger partial charge in [0.25, 0.3) is 0 Å². The van der Waals surface area contributed by atoms with Crippen LogP contribution in [0.25, 0.3) is 10.9 Å². The molecule has 2 aromatic carbocycles. The predicted octanol–water partition coefficient (Wildman–Crippen LogP) is 6.20. The lowest BCUT2D eigenvalue weighted by molar-refractivity contribution is 0.0955. The van der Waals surface area contributed by atoms with E-state index >= 15 is 0 Å². The summed E-state index contributed by atoms with van der Waals surface area (Å²) in [5, 5.41) is 20.4. The number of nitrogens with one attached hydrogen (secondary N) is 1. The van der Waals surface area contributed by atoms with Crippen molar-refractivity contribution in [1.82, 2.24) is 4.98 Å². The number of H-pyrrole nitrogens is 1. The summed E-state index contributed by atoms with van der Waals surface area (Å²) in [6.45, 7) is 2.44. The first-order valence-corrected chi connectivity index (χ1v) is 11.6. The first-order valence-electron chi connectivity index (χ1n) is 11.6. The van der Waals surface area contributed by atoms with Gasteiger partial charge in [-0.1, -0.05) is 31.2 Å². The largest absolute Gasteiger partial charge is 0.508 e. The highest BCUT2D eigenvalue weighted by Gasteiger charge is 2.53. The van der Waals surface area contributed by atoms with Crippen LogP contribution in [-0.2, 0) is 6.42 Å². The number of hydrogen-bond acceptors (Lipinski definition) is 3. The van der Waals surface area contributed by atoms with Gasteiger partial charge in [-0.3, -0.25) is 0 Å². The van der Waals surface area contributed by atoms with Crippen LogP contribution in [-0.4, -0.2) is 22.0 Å². The van der Waals surface area contributed by atoms with Gasteiger partial charge in [-0.2, -0.15) is 10.2 Å². The number of aromatic amines is 1. The van der Waals surface area contributed by atoms with E-state index in [9.17, 15) is 5.11 Å². The van der Waals surface area contributed by atoms with Crippen LogP contribution in [0.5, 0.6) is 5.75 Å². The molecule has 0 spiro atoms. The van der Waals surface area contributed by atoms with E-state index in [-0.39, 0.29) is 5.41 Å². The summed E-state index contributed by atoms with van der Waals surface area (Å²) in [6.07, 6.45) is 10.9. The fraction of sp³-hybridized carbons (Fsp3) is 0.407. The van der Waals surface area contributed by atoms with Crippen molar-refractivity contribution >= 4 is 22.8 Å². The quantitative estimate of drug-likeness (QED) is 0.382. The lowest BCUT2D eigenvalue weighted by Gasteiger charge is -2.49. The van der Waals surface area contributed by atoms with E-state index < -0.39 is 0 Å². The normalized spacial score (nSPS) is 31.1. The van der Waals surface area contributed by atoms with Crippen molar-refractivity contribution in [2.45, 2.75) is 51.4 Å². The molecule has 4 heteroatoms. The molecule has 0 bridgehead atoms. The molecule has 0 saturated heterocycles. The van der Waals surface area contributed by atoms with Crippen LogP contribution in [0, 0.1) is 17.3 Å². The summed E-state index contributed by atoms with van der Waals surface area (Å²) in [5.41, 5.74) is 6.54. The summed E-state index contributed by atoms with van der Waals surface area (Å²) < 4.78 is 0. The Hall–Kier alpha value is -2.88. The number of aromatic hydroxyl groups is 1. The molecule has 3 aliphatic rings. The number of benzene rings is 2. The van der Waals surface area contributed by atoms with Crippen molar-refractivity contribution in [3.05, 3.63) is 65.4 Å². The zero-order chi connectivity index (χ0) is 21.0. The monoisotopic (exact) mass is 411 g/mol. The first-order chi connectivity index (χ1) is 15.1. The molecule has 0 radical (unpaired) electrons. The van der Waals surface area contributed by atoms with Gasteiger partial charge in [0.15, 0.2) is 0 Å². The van der Waals surface area contributed by atoms with E-state index in [1.54, 1.807) is 0 Å². The lowest BCUT2D eigenvalue weighted by Crippen LogP contribution is -2.42. The Morgan fingerprint density at radius 3 is 2.94 bits per heavy atom. The number of rotatable bonds is 2. The van der Waals surface area contributed by atoms with Gasteiger partial charge >= 0.3 is 0 Å². The van der Waals surface area contributed by atoms with Crippen molar-refractivity contribution in [1.29, 1.82) is 0 Å². The topological polar surface area (TPSA) is 60.7 Å². The summed E-state index contributed by atoms with van der Waals surface area (Å²) in [7, 11) is 0. The average Bonchev–Trinajstić information content (AvgIpc) is 3.34. The van der Waals surface area contributed by atoms with Crippen LogP contribution in [0.15, 0.2) is 58.9 Å². The van der Waals surface area contributed by atoms with E-state index in [1.807, 2.05) is 30.6 Å². The third-order valence-electron chi connectivity index (χ3n) is 8.45. The number of phenolic OH excluding ortho intramolecular Hbond substituents is 1. The van der Waals surface area contributed by atoms with Gasteiger partial charge in [-0.25, -0.2) is 0 Å². The average molecular weight is 412 g/mol. The molecule has 2 saturated carbocycles. The van der Waals surface area contributed by atoms with Gasteiger partial charge in [0.1, 0.15) is 5.75 Å². The molecule has 3 aliphatic carbocycles. The van der Waals surface area contributed by atoms with Crippen LogP contribution in [0.2, 0.25) is 0 Å². The maximum atomic E-state index is 9.89. The standard InChI is InChI=1S/C27H29N3O/c1-27-13-12-22-20-9-7-19(31)14-17(20)6-8-23(22)24(27)10-11-26(27)30-29-16-18-15-28-25-5-3-2-4-21(18)25/h2-5,7,9,14-16,22-24,28,31H,6,8,10-13H2,1H3/b29-16+,30-26-/t22-,23-,24+,27+/m1/s1. The van der Waals surface area contributed by atoms with Gasteiger partial charge in [0.2, 0.25) is 0 Å². The van der Waals surface area contributed by atoms with Crippen LogP contribution in [0.1, 0.15) is 61.6 Å². The van der Waals surface area contributed by atoms with Crippen LogP contribution >= 0.6 is 0 Å². The number of para-hydroxylation sites is 1. The Balaban J connectivity index is 1.26. The highest BCUT2D eigenvalue weighted by atomic mass is 16.3. The molecule has 3 aromatic rings. The molecule has 4 nitrogen and oxygen atoms in total. The Bertz CT molecular complexity index is 1210. The molecular weight excluding hydrogens is 382 g/mol. The van der Waals surface area contributed by atoms with Gasteiger partial charge in [0, 0.05) is 33.8 Å². The van der Waals surface area contributed by atoms with E-state index in [0.717, 1.165) is 29.8 Å². The summed E-state index contributed by atoms with van der Waals surface area (Å²) >= 11 is 0. The number of phenols is 1. The predicted molar refractivity (Wildman–Crippen MR) is 126 cm³/mol. The van der Waals surface area contributed by atoms with Crippen LogP contribution in [0.3, 0.4) is 0 Å². The van der Waals surface area contributed by atoms with Gasteiger partial charge in [0.05, 0.1) is 6.21 Å². The third-order valence-corrected chi connectivity index (χ3v) is 8.45. The molecule has 2 N–H and O–H groups in total. The van der Waals surface area contributed by atoms with Crippen molar-refractivity contribution in [2.24, 2.45) is 27.5 Å². The lowest BCUT2D eigenvalue weighted by atomic mass is 9.55. The first kappa shape index (κ1) is 18.9. The molecule has 2 fully saturated rings. The van der Waals surface area contributed by atoms with Crippen molar-refractivity contribution in [3.8, 4) is 5.75 Å². The second-order valence-electron chi connectivity index (χ2n) is 9.87. The van der Waals surface area contributed by atoms with Gasteiger partial charge in [-0.05, 0) is 85.6 Å². The highest BCUT2D eigenvalue weighted by molar-refractivity contribution is 5.99. The summed E-state index contributed by atoms with van der Waals surface area (Å²) in [5.74, 6) is 2.45. The highest BCUT2D eigenvalue weighted by Crippen LogP contribution is 2.60. The number of fused-ring (bicyclic) bond motifs is 6. The third kappa shape index (κ3) is 2.95. The Morgan fingerprint density at radius 1 is 1.10 bits per heavy atom. The number of hydrogen-bond donors (Lipinski definition) is 2. The van der Waals surface area contributed by atoms with Gasteiger partial charge in [-0.15, -0.1) is 0 Å². The van der Waals surface area contributed by atoms with E-state index in [4.69, 9.17) is 5.10 Å². The number of nitrogens with zero attached hydrogens (tertiary/aromatic N) is 2. The maximum Gasteiger partial charge on any atom is 0.115 e. The Morgan fingerprint density at radius 2 is 2.00 bits per heavy atom. The van der Waals surface area contributed by atoms with Crippen molar-refractivity contribution < 1.29 is 5.11 Å². The van der Waals surface area contributed by atoms with E-state index in [0.29, 0.717) is 17.6 Å². The molecule has 4 atom stereocenters. The van der Waals surface area contributed by atoms with Gasteiger partial charge < -0.3 is 10.1 Å². The minimum atomic E-state index is 0.174. The van der Waals surface area contributed by atoms with Crippen LogP contribution in [0.4, 0.5) is 0 Å². The zero-order valence-electron chi connectivity index (χ0n) is 18.0. The van der Waals surface area contributed by atoms with E-state index in [1.165, 1.54) is 47.9 Å². The zero-order valence-corrected chi connectivity index (χ0v) is 18.0. The van der Waals surface area contributed by atoms with Crippen molar-refractivity contribution in [3.63, 3.8) is 0 Å². The second-order valence-corrected chi connectivity index (χ2v) is 9.87. The SMILES string of the molecule is C[C@]12CC[C@@H]3c4ccc(O)cc4CC[C@H]3[C@@H]1CC/C2=N/N=C/c1c[nH]c2ccccc12. The molecule has 1 heterocycles. The number of aryl methyl sites for hydroxylation is 1. The smallest absolute Gasteiger partial charge is 0.115 e. The molecule has 158 valence electrons. The second kappa shape index (κ2) is 7.08. The number of aromatic nitrogens is 1. The molecule has 1 aromatic heterocycles. The summed E-state index contributed by atoms with van der Waals surface area (Å²) in [6, 6.07) is 14.3. The Kier molecular flexibility index (Phi) is 4.31. The molecule has 6 rings (SSSR count). The molecule has 0 amide bonds. The van der Waals surface area contributed by atoms with Crippen molar-refractivity contribution in [2.75, 3.05) is 0 Å². The molecular formula is C27H29N3O.